The Balaban J connectivity index is 1.18. The molecule has 2 aliphatic heterocycles. The van der Waals surface area contributed by atoms with Gasteiger partial charge in [0.1, 0.15) is 0 Å². The smallest absolute Gasteiger partial charge is 0.251 e. The lowest BCUT2D eigenvalue weighted by Crippen LogP contribution is -2.45. The minimum atomic E-state index is -0.480. The average Bonchev–Trinajstić information content (AvgIpc) is 3.10. The predicted molar refractivity (Wildman–Crippen MR) is 182 cm³/mol. The molecule has 46 heavy (non-hydrogen) atoms. The maximum Gasteiger partial charge on any atom is 0.251 e. The number of ether oxygens (including phenoxy) is 2. The van der Waals surface area contributed by atoms with Crippen molar-refractivity contribution in [3.63, 3.8) is 0 Å². The van der Waals surface area contributed by atoms with Crippen molar-refractivity contribution in [1.29, 1.82) is 0 Å². The Kier molecular flexibility index (Phi) is 10.9. The molecule has 0 bridgehead atoms. The van der Waals surface area contributed by atoms with E-state index in [1.165, 1.54) is 32.1 Å². The van der Waals surface area contributed by atoms with Gasteiger partial charge in [-0.15, -0.1) is 0 Å². The number of amides is 1. The van der Waals surface area contributed by atoms with Crippen molar-refractivity contribution in [3.8, 4) is 11.1 Å². The molecule has 4 aromatic carbocycles. The first-order valence-electron chi connectivity index (χ1n) is 16.8. The van der Waals surface area contributed by atoms with Gasteiger partial charge in [-0.1, -0.05) is 111 Å². The first-order chi connectivity index (χ1) is 22.6. The van der Waals surface area contributed by atoms with E-state index < -0.39 is 6.29 Å². The van der Waals surface area contributed by atoms with Crippen molar-refractivity contribution < 1.29 is 19.4 Å². The summed E-state index contributed by atoms with van der Waals surface area (Å²) in [5.74, 6) is 0.0931. The lowest BCUT2D eigenvalue weighted by Gasteiger charge is -2.43. The second kappa shape index (κ2) is 15.7. The van der Waals surface area contributed by atoms with Crippen molar-refractivity contribution in [2.75, 3.05) is 19.6 Å². The molecule has 240 valence electrons. The number of nitrogens with one attached hydrogen (secondary N) is 1. The molecular weight excluding hydrogens is 572 g/mol. The number of aliphatic hydroxyl groups is 1. The van der Waals surface area contributed by atoms with Crippen LogP contribution in [0.2, 0.25) is 0 Å². The van der Waals surface area contributed by atoms with E-state index in [1.807, 2.05) is 54.6 Å². The predicted octanol–water partition coefficient (Wildman–Crippen LogP) is 7.83. The second-order valence-electron chi connectivity index (χ2n) is 12.8. The summed E-state index contributed by atoms with van der Waals surface area (Å²) in [6.45, 7) is 5.88. The van der Waals surface area contributed by atoms with E-state index in [9.17, 15) is 9.90 Å². The molecule has 2 aliphatic rings. The van der Waals surface area contributed by atoms with E-state index in [0.29, 0.717) is 12.1 Å². The average molecular weight is 619 g/mol. The summed E-state index contributed by atoms with van der Waals surface area (Å²) in [6.07, 6.45) is 5.88. The van der Waals surface area contributed by atoms with E-state index in [0.717, 1.165) is 53.0 Å². The summed E-state index contributed by atoms with van der Waals surface area (Å²) in [6, 6.07) is 34.2. The Morgan fingerprint density at radius 3 is 2.17 bits per heavy atom. The van der Waals surface area contributed by atoms with Gasteiger partial charge in [-0.05, 0) is 71.9 Å². The molecule has 2 N–H and O–H groups in total. The van der Waals surface area contributed by atoms with E-state index in [2.05, 4.69) is 65.7 Å². The third-order valence-corrected chi connectivity index (χ3v) is 9.44. The topological polar surface area (TPSA) is 71.0 Å². The van der Waals surface area contributed by atoms with Crippen LogP contribution in [0.5, 0.6) is 0 Å². The van der Waals surface area contributed by atoms with Gasteiger partial charge in [-0.3, -0.25) is 4.79 Å². The molecule has 1 amide bonds. The fraction of sp³-hybridized carbons (Fsp3) is 0.375. The zero-order valence-electron chi connectivity index (χ0n) is 26.8. The van der Waals surface area contributed by atoms with Crippen LogP contribution in [0.4, 0.5) is 0 Å². The van der Waals surface area contributed by atoms with E-state index >= 15 is 0 Å². The second-order valence-corrected chi connectivity index (χ2v) is 12.8. The van der Waals surface area contributed by atoms with E-state index in [-0.39, 0.29) is 30.6 Å². The Hall–Kier alpha value is -3.81. The zero-order valence-corrected chi connectivity index (χ0v) is 26.8. The summed E-state index contributed by atoms with van der Waals surface area (Å²) in [5, 5.41) is 12.6. The van der Waals surface area contributed by atoms with Gasteiger partial charge in [0.15, 0.2) is 6.29 Å². The van der Waals surface area contributed by atoms with Crippen LogP contribution in [0, 0.1) is 5.92 Å². The summed E-state index contributed by atoms with van der Waals surface area (Å²) in [4.78, 5) is 15.1. The molecule has 6 heteroatoms. The molecule has 6 rings (SSSR count). The highest BCUT2D eigenvalue weighted by atomic mass is 16.7. The van der Waals surface area contributed by atoms with Gasteiger partial charge in [-0.2, -0.15) is 0 Å². The van der Waals surface area contributed by atoms with Gasteiger partial charge < -0.3 is 24.8 Å². The van der Waals surface area contributed by atoms with Gasteiger partial charge in [0.2, 0.25) is 0 Å². The van der Waals surface area contributed by atoms with Crippen LogP contribution in [-0.4, -0.2) is 41.7 Å². The van der Waals surface area contributed by atoms with Crippen LogP contribution in [-0.2, 0) is 22.6 Å². The number of rotatable bonds is 9. The molecular formula is C40H46N2O4. The van der Waals surface area contributed by atoms with Crippen LogP contribution < -0.4 is 5.32 Å². The van der Waals surface area contributed by atoms with Gasteiger partial charge in [0, 0.05) is 30.1 Å². The maximum atomic E-state index is 12.5. The molecule has 0 aliphatic carbocycles. The standard InChI is InChI=1S/C40H46N2O4/c1-29-37(27-42-23-8-3-2-4-9-24-42)45-40(46-38(29)33-17-15-30(28-43)16-18-33)35-21-19-32(20-22-35)36-14-10-11-31(25-36)26-41-39(44)34-12-6-5-7-13-34/h5-7,10-22,25,29,37-38,40,43H,2-4,8-9,23-24,26-28H2,1H3,(H,41,44)/t29-,37+,38+,40+/m0/s1. The van der Waals surface area contributed by atoms with Crippen LogP contribution in [0.1, 0.15) is 84.0 Å². The van der Waals surface area contributed by atoms with Crippen molar-refractivity contribution in [1.82, 2.24) is 10.2 Å². The first-order valence-corrected chi connectivity index (χ1v) is 16.8. The molecule has 0 saturated carbocycles. The van der Waals surface area contributed by atoms with Gasteiger partial charge in [-0.25, -0.2) is 0 Å². The lowest BCUT2D eigenvalue weighted by atomic mass is 9.89. The number of likely N-dealkylation sites (tertiary alicyclic amines) is 1. The molecule has 4 aromatic rings. The van der Waals surface area contributed by atoms with Crippen molar-refractivity contribution >= 4 is 5.91 Å². The third kappa shape index (κ3) is 8.12. The molecule has 0 spiro atoms. The zero-order chi connectivity index (χ0) is 31.7. The highest BCUT2D eigenvalue weighted by molar-refractivity contribution is 5.94. The van der Waals surface area contributed by atoms with Gasteiger partial charge >= 0.3 is 0 Å². The number of nitrogens with zero attached hydrogens (tertiary/aromatic N) is 1. The Morgan fingerprint density at radius 1 is 0.761 bits per heavy atom. The third-order valence-electron chi connectivity index (χ3n) is 9.44. The van der Waals surface area contributed by atoms with Crippen molar-refractivity contribution in [2.45, 2.75) is 70.7 Å². The first kappa shape index (κ1) is 32.1. The largest absolute Gasteiger partial charge is 0.392 e. The summed E-state index contributed by atoms with van der Waals surface area (Å²) in [7, 11) is 0. The molecule has 2 saturated heterocycles. The summed E-state index contributed by atoms with van der Waals surface area (Å²) < 4.78 is 13.5. The molecule has 2 fully saturated rings. The minimum absolute atomic E-state index is 0.0300. The van der Waals surface area contributed by atoms with Crippen LogP contribution in [0.3, 0.4) is 0 Å². The quantitative estimate of drug-likeness (QED) is 0.200. The van der Waals surface area contributed by atoms with E-state index in [1.54, 1.807) is 0 Å². The summed E-state index contributed by atoms with van der Waals surface area (Å²) in [5.41, 5.74) is 6.90. The normalized spacial score (nSPS) is 22.5. The number of carbonyl (C=O) groups excluding carboxylic acids is 1. The van der Waals surface area contributed by atoms with Crippen LogP contribution in [0.15, 0.2) is 103 Å². The molecule has 0 aromatic heterocycles. The van der Waals surface area contributed by atoms with Crippen molar-refractivity contribution in [3.05, 3.63) is 131 Å². The maximum absolute atomic E-state index is 12.5. The number of hydrogen-bond acceptors (Lipinski definition) is 5. The molecule has 0 unspecified atom stereocenters. The SMILES string of the molecule is C[C@H]1[C@@H](CN2CCCCCCC2)O[C@@H](c2ccc(-c3cccc(CNC(=O)c4ccccc4)c3)cc2)O[C@H]1c1ccc(CO)cc1. The van der Waals surface area contributed by atoms with E-state index in [4.69, 9.17) is 9.47 Å². The minimum Gasteiger partial charge on any atom is -0.392 e. The molecule has 0 radical (unpaired) electrons. The number of aliphatic hydroxyl groups excluding tert-OH is 1. The number of benzene rings is 4. The molecule has 6 nitrogen and oxygen atoms in total. The Labute approximate surface area is 273 Å². The molecule has 2 heterocycles. The Bertz CT molecular complexity index is 1530. The Morgan fingerprint density at radius 2 is 1.46 bits per heavy atom. The lowest BCUT2D eigenvalue weighted by molar-refractivity contribution is -0.276. The van der Waals surface area contributed by atoms with Crippen LogP contribution >= 0.6 is 0 Å². The molecule has 4 atom stereocenters. The van der Waals surface area contributed by atoms with Gasteiger partial charge in [0.25, 0.3) is 5.91 Å². The van der Waals surface area contributed by atoms with Gasteiger partial charge in [0.05, 0.1) is 18.8 Å². The summed E-state index contributed by atoms with van der Waals surface area (Å²) >= 11 is 0. The highest BCUT2D eigenvalue weighted by Gasteiger charge is 2.39. The fourth-order valence-corrected chi connectivity index (χ4v) is 6.65. The van der Waals surface area contributed by atoms with Crippen LogP contribution in [0.25, 0.3) is 11.1 Å². The number of carbonyl (C=O) groups is 1. The highest BCUT2D eigenvalue weighted by Crippen LogP contribution is 2.42. The number of hydrogen-bond donors (Lipinski definition) is 2. The monoisotopic (exact) mass is 618 g/mol. The van der Waals surface area contributed by atoms with Crippen molar-refractivity contribution in [2.24, 2.45) is 5.92 Å². The fourth-order valence-electron chi connectivity index (χ4n) is 6.65.